The zero-order valence-corrected chi connectivity index (χ0v) is 17.3. The number of fused-ring (bicyclic) bond motifs is 1. The Bertz CT molecular complexity index is 1050. The second-order valence-corrected chi connectivity index (χ2v) is 6.67. The van der Waals surface area contributed by atoms with Gasteiger partial charge >= 0.3 is 5.97 Å². The van der Waals surface area contributed by atoms with Gasteiger partial charge in [-0.2, -0.15) is 0 Å². The van der Waals surface area contributed by atoms with Crippen LogP contribution in [-0.4, -0.2) is 36.8 Å². The van der Waals surface area contributed by atoms with Crippen molar-refractivity contribution in [2.45, 2.75) is 27.2 Å². The molecule has 2 aromatic carbocycles. The van der Waals surface area contributed by atoms with Crippen molar-refractivity contribution in [1.29, 1.82) is 0 Å². The lowest BCUT2D eigenvalue weighted by molar-refractivity contribution is 0.0499. The summed E-state index contributed by atoms with van der Waals surface area (Å²) in [6, 6.07) is 9.22. The Labute approximate surface area is 170 Å². The SMILES string of the molecule is CCCOC(=O)c1nc2cc(C)c(C)cc2nc1Nc1ccc(OC)cc1OC. The second kappa shape index (κ2) is 8.77. The maximum Gasteiger partial charge on any atom is 0.360 e. The fourth-order valence-corrected chi connectivity index (χ4v) is 2.83. The summed E-state index contributed by atoms with van der Waals surface area (Å²) >= 11 is 0. The van der Waals surface area contributed by atoms with E-state index < -0.39 is 5.97 Å². The molecule has 0 amide bonds. The standard InChI is InChI=1S/C22H25N3O4/c1-6-9-29-22(26)20-21(24-16-8-7-15(27-4)12-19(16)28-5)25-18-11-14(3)13(2)10-17(18)23-20/h7-8,10-12H,6,9H2,1-5H3,(H,24,25). The highest BCUT2D eigenvalue weighted by atomic mass is 16.5. The Balaban J connectivity index is 2.11. The van der Waals surface area contributed by atoms with Gasteiger partial charge in [-0.15, -0.1) is 0 Å². The summed E-state index contributed by atoms with van der Waals surface area (Å²) in [5, 5.41) is 3.17. The van der Waals surface area contributed by atoms with Crippen LogP contribution in [0.15, 0.2) is 30.3 Å². The maximum absolute atomic E-state index is 12.6. The molecular formula is C22H25N3O4. The van der Waals surface area contributed by atoms with Crippen LogP contribution in [0.1, 0.15) is 35.0 Å². The molecule has 0 fully saturated rings. The Morgan fingerprint density at radius 3 is 2.31 bits per heavy atom. The van der Waals surface area contributed by atoms with Gasteiger partial charge in [0, 0.05) is 6.07 Å². The number of rotatable bonds is 7. The van der Waals surface area contributed by atoms with E-state index in [2.05, 4.69) is 15.3 Å². The van der Waals surface area contributed by atoms with E-state index in [-0.39, 0.29) is 5.69 Å². The van der Waals surface area contributed by atoms with Crippen LogP contribution >= 0.6 is 0 Å². The Kier molecular flexibility index (Phi) is 6.16. The number of benzene rings is 2. The third-order valence-corrected chi connectivity index (χ3v) is 4.57. The Morgan fingerprint density at radius 1 is 1.00 bits per heavy atom. The topological polar surface area (TPSA) is 82.6 Å². The number of aromatic nitrogens is 2. The molecule has 29 heavy (non-hydrogen) atoms. The molecule has 7 heteroatoms. The van der Waals surface area contributed by atoms with E-state index in [1.165, 1.54) is 0 Å². The van der Waals surface area contributed by atoms with Gasteiger partial charge < -0.3 is 19.5 Å². The number of aryl methyl sites for hydroxylation is 2. The van der Waals surface area contributed by atoms with Crippen molar-refractivity contribution in [2.75, 3.05) is 26.1 Å². The number of ether oxygens (including phenoxy) is 3. The molecular weight excluding hydrogens is 370 g/mol. The number of esters is 1. The highest BCUT2D eigenvalue weighted by Crippen LogP contribution is 2.32. The van der Waals surface area contributed by atoms with Crippen molar-refractivity contribution in [3.05, 3.63) is 47.2 Å². The van der Waals surface area contributed by atoms with Crippen molar-refractivity contribution < 1.29 is 19.0 Å². The molecule has 0 aliphatic rings. The molecule has 0 atom stereocenters. The summed E-state index contributed by atoms with van der Waals surface area (Å²) in [4.78, 5) is 21.9. The smallest absolute Gasteiger partial charge is 0.360 e. The highest BCUT2D eigenvalue weighted by Gasteiger charge is 2.20. The van der Waals surface area contributed by atoms with Crippen LogP contribution in [0.5, 0.6) is 11.5 Å². The van der Waals surface area contributed by atoms with Crippen LogP contribution in [0.2, 0.25) is 0 Å². The summed E-state index contributed by atoms with van der Waals surface area (Å²) in [6.07, 6.45) is 0.722. The van der Waals surface area contributed by atoms with E-state index in [9.17, 15) is 4.79 Å². The lowest BCUT2D eigenvalue weighted by atomic mass is 10.1. The van der Waals surface area contributed by atoms with Gasteiger partial charge in [0.15, 0.2) is 11.5 Å². The summed E-state index contributed by atoms with van der Waals surface area (Å²) in [6.45, 7) is 6.27. The van der Waals surface area contributed by atoms with E-state index in [0.717, 1.165) is 17.5 Å². The first-order valence-corrected chi connectivity index (χ1v) is 9.42. The minimum Gasteiger partial charge on any atom is -0.497 e. The van der Waals surface area contributed by atoms with Gasteiger partial charge in [0.2, 0.25) is 0 Å². The van der Waals surface area contributed by atoms with Gasteiger partial charge in [0.05, 0.1) is 37.5 Å². The Morgan fingerprint density at radius 2 is 1.69 bits per heavy atom. The molecule has 0 spiro atoms. The van der Waals surface area contributed by atoms with E-state index in [4.69, 9.17) is 14.2 Å². The number of carbonyl (C=O) groups excluding carboxylic acids is 1. The normalized spacial score (nSPS) is 10.7. The monoisotopic (exact) mass is 395 g/mol. The summed E-state index contributed by atoms with van der Waals surface area (Å²) in [5.41, 5.74) is 4.28. The molecule has 1 aromatic heterocycles. The molecule has 0 saturated carbocycles. The van der Waals surface area contributed by atoms with Crippen LogP contribution in [0.3, 0.4) is 0 Å². The quantitative estimate of drug-likeness (QED) is 0.587. The van der Waals surface area contributed by atoms with Crippen molar-refractivity contribution in [1.82, 2.24) is 9.97 Å². The van der Waals surface area contributed by atoms with Gasteiger partial charge in [0.1, 0.15) is 11.5 Å². The fourth-order valence-electron chi connectivity index (χ4n) is 2.83. The zero-order valence-electron chi connectivity index (χ0n) is 17.3. The first-order chi connectivity index (χ1) is 14.0. The molecule has 0 unspecified atom stereocenters. The molecule has 152 valence electrons. The molecule has 0 saturated heterocycles. The van der Waals surface area contributed by atoms with Gasteiger partial charge in [-0.1, -0.05) is 6.92 Å². The molecule has 7 nitrogen and oxygen atoms in total. The molecule has 3 aromatic rings. The first kappa shape index (κ1) is 20.4. The second-order valence-electron chi connectivity index (χ2n) is 6.67. The minimum atomic E-state index is -0.519. The van der Waals surface area contributed by atoms with Crippen LogP contribution in [0.4, 0.5) is 11.5 Å². The molecule has 0 aliphatic heterocycles. The highest BCUT2D eigenvalue weighted by molar-refractivity contribution is 5.96. The lowest BCUT2D eigenvalue weighted by Gasteiger charge is -2.15. The number of hydrogen-bond acceptors (Lipinski definition) is 7. The molecule has 1 N–H and O–H groups in total. The molecule has 0 bridgehead atoms. The average Bonchev–Trinajstić information content (AvgIpc) is 2.73. The number of methoxy groups -OCH3 is 2. The molecule has 3 rings (SSSR count). The third-order valence-electron chi connectivity index (χ3n) is 4.57. The summed E-state index contributed by atoms with van der Waals surface area (Å²) < 4.78 is 16.0. The largest absolute Gasteiger partial charge is 0.497 e. The van der Waals surface area contributed by atoms with E-state index in [0.29, 0.717) is 40.6 Å². The molecule has 0 radical (unpaired) electrons. The summed E-state index contributed by atoms with van der Waals surface area (Å²) in [5.74, 6) is 1.00. The number of nitrogens with one attached hydrogen (secondary N) is 1. The lowest BCUT2D eigenvalue weighted by Crippen LogP contribution is -2.13. The minimum absolute atomic E-state index is 0.132. The zero-order chi connectivity index (χ0) is 21.0. The van der Waals surface area contributed by atoms with Crippen LogP contribution in [0.25, 0.3) is 11.0 Å². The van der Waals surface area contributed by atoms with Crippen molar-refractivity contribution in [3.8, 4) is 11.5 Å². The number of anilines is 2. The van der Waals surface area contributed by atoms with Gasteiger partial charge in [0.25, 0.3) is 0 Å². The Hall–Kier alpha value is -3.35. The van der Waals surface area contributed by atoms with E-state index in [1.54, 1.807) is 32.4 Å². The number of nitrogens with zero attached hydrogens (tertiary/aromatic N) is 2. The van der Waals surface area contributed by atoms with E-state index in [1.807, 2.05) is 32.9 Å². The number of carbonyl (C=O) groups is 1. The van der Waals surface area contributed by atoms with Gasteiger partial charge in [-0.3, -0.25) is 0 Å². The van der Waals surface area contributed by atoms with Crippen LogP contribution in [-0.2, 0) is 4.74 Å². The first-order valence-electron chi connectivity index (χ1n) is 9.42. The van der Waals surface area contributed by atoms with Gasteiger partial charge in [-0.25, -0.2) is 14.8 Å². The predicted molar refractivity (Wildman–Crippen MR) is 112 cm³/mol. The maximum atomic E-state index is 12.6. The molecule has 0 aliphatic carbocycles. The van der Waals surface area contributed by atoms with Crippen LogP contribution in [0, 0.1) is 13.8 Å². The van der Waals surface area contributed by atoms with Crippen LogP contribution < -0.4 is 14.8 Å². The van der Waals surface area contributed by atoms with Crippen molar-refractivity contribution in [3.63, 3.8) is 0 Å². The van der Waals surface area contributed by atoms with E-state index >= 15 is 0 Å². The average molecular weight is 395 g/mol. The third kappa shape index (κ3) is 4.39. The number of hydrogen-bond donors (Lipinski definition) is 1. The molecule has 1 heterocycles. The van der Waals surface area contributed by atoms with Crippen molar-refractivity contribution in [2.24, 2.45) is 0 Å². The van der Waals surface area contributed by atoms with Gasteiger partial charge in [-0.05, 0) is 55.7 Å². The van der Waals surface area contributed by atoms with Crippen molar-refractivity contribution >= 4 is 28.5 Å². The predicted octanol–water partition coefficient (Wildman–Crippen LogP) is 4.57. The fraction of sp³-hybridized carbons (Fsp3) is 0.318. The summed E-state index contributed by atoms with van der Waals surface area (Å²) in [7, 11) is 3.15.